The molecular formula is C16H33NO. The number of hydrogen-bond acceptors (Lipinski definition) is 2. The van der Waals surface area contributed by atoms with Crippen molar-refractivity contribution in [3.05, 3.63) is 0 Å². The fraction of sp³-hybridized carbons (Fsp3) is 1.00. The van der Waals surface area contributed by atoms with Crippen LogP contribution in [0.15, 0.2) is 0 Å². The van der Waals surface area contributed by atoms with Crippen LogP contribution in [0.5, 0.6) is 0 Å². The van der Waals surface area contributed by atoms with Crippen molar-refractivity contribution in [2.24, 2.45) is 5.92 Å². The summed E-state index contributed by atoms with van der Waals surface area (Å²) in [5.41, 5.74) is 0. The van der Waals surface area contributed by atoms with Gasteiger partial charge < -0.3 is 10.1 Å². The molecule has 1 fully saturated rings. The maximum absolute atomic E-state index is 5.47. The molecule has 0 bridgehead atoms. The standard InChI is InChI=1S/C16H33NO/c1-3-13-17-16(12-9-14-18-4-2)15-10-7-5-6-8-11-15/h15-17H,3-14H2,1-2H3. The van der Waals surface area contributed by atoms with Gasteiger partial charge in [0.05, 0.1) is 0 Å². The molecule has 0 aromatic carbocycles. The first-order valence-corrected chi connectivity index (χ1v) is 8.19. The Bertz CT molecular complexity index is 176. The van der Waals surface area contributed by atoms with E-state index in [0.717, 1.165) is 25.2 Å². The zero-order chi connectivity index (χ0) is 13.1. The van der Waals surface area contributed by atoms with Gasteiger partial charge >= 0.3 is 0 Å². The second-order valence-corrected chi connectivity index (χ2v) is 5.65. The van der Waals surface area contributed by atoms with Crippen LogP contribution in [0, 0.1) is 5.92 Å². The summed E-state index contributed by atoms with van der Waals surface area (Å²) >= 11 is 0. The molecule has 1 N–H and O–H groups in total. The maximum Gasteiger partial charge on any atom is 0.0466 e. The van der Waals surface area contributed by atoms with Crippen molar-refractivity contribution in [3.8, 4) is 0 Å². The lowest BCUT2D eigenvalue weighted by atomic mass is 9.89. The molecule has 2 heteroatoms. The maximum atomic E-state index is 5.47. The summed E-state index contributed by atoms with van der Waals surface area (Å²) in [7, 11) is 0. The number of hydrogen-bond donors (Lipinski definition) is 1. The molecule has 0 aliphatic heterocycles. The lowest BCUT2D eigenvalue weighted by Gasteiger charge is -2.27. The summed E-state index contributed by atoms with van der Waals surface area (Å²) in [6, 6.07) is 0.739. The number of ether oxygens (including phenoxy) is 1. The van der Waals surface area contributed by atoms with Gasteiger partial charge in [0.1, 0.15) is 0 Å². The van der Waals surface area contributed by atoms with E-state index < -0.39 is 0 Å². The average Bonchev–Trinajstić information content (AvgIpc) is 2.67. The first kappa shape index (κ1) is 16.0. The number of nitrogens with one attached hydrogen (secondary N) is 1. The van der Waals surface area contributed by atoms with E-state index in [2.05, 4.69) is 19.2 Å². The summed E-state index contributed by atoms with van der Waals surface area (Å²) < 4.78 is 5.47. The first-order valence-electron chi connectivity index (χ1n) is 8.19. The lowest BCUT2D eigenvalue weighted by Crippen LogP contribution is -2.37. The van der Waals surface area contributed by atoms with Gasteiger partial charge in [-0.25, -0.2) is 0 Å². The smallest absolute Gasteiger partial charge is 0.0466 e. The van der Waals surface area contributed by atoms with Crippen molar-refractivity contribution in [3.63, 3.8) is 0 Å². The third kappa shape index (κ3) is 6.75. The predicted octanol–water partition coefficient (Wildman–Crippen LogP) is 4.14. The van der Waals surface area contributed by atoms with Crippen LogP contribution in [0.3, 0.4) is 0 Å². The Hall–Kier alpha value is -0.0800. The third-order valence-electron chi connectivity index (χ3n) is 4.13. The van der Waals surface area contributed by atoms with E-state index in [1.54, 1.807) is 0 Å². The summed E-state index contributed by atoms with van der Waals surface area (Å²) in [5, 5.41) is 3.79. The van der Waals surface area contributed by atoms with Crippen LogP contribution < -0.4 is 5.32 Å². The van der Waals surface area contributed by atoms with Gasteiger partial charge in [-0.1, -0.05) is 32.6 Å². The Kier molecular flexibility index (Phi) is 9.59. The molecular weight excluding hydrogens is 222 g/mol. The van der Waals surface area contributed by atoms with Gasteiger partial charge in [-0.2, -0.15) is 0 Å². The Morgan fingerprint density at radius 1 is 1.11 bits per heavy atom. The zero-order valence-electron chi connectivity index (χ0n) is 12.5. The highest BCUT2D eigenvalue weighted by molar-refractivity contribution is 4.78. The Morgan fingerprint density at radius 3 is 2.44 bits per heavy atom. The molecule has 0 aromatic rings. The molecule has 1 atom stereocenters. The largest absolute Gasteiger partial charge is 0.382 e. The van der Waals surface area contributed by atoms with E-state index in [1.165, 1.54) is 64.3 Å². The molecule has 0 radical (unpaired) electrons. The van der Waals surface area contributed by atoms with Crippen molar-refractivity contribution < 1.29 is 4.74 Å². The minimum absolute atomic E-state index is 0.739. The van der Waals surface area contributed by atoms with Gasteiger partial charge in [0.2, 0.25) is 0 Å². The topological polar surface area (TPSA) is 21.3 Å². The zero-order valence-corrected chi connectivity index (χ0v) is 12.5. The quantitative estimate of drug-likeness (QED) is 0.494. The van der Waals surface area contributed by atoms with Gasteiger partial charge in [0, 0.05) is 19.3 Å². The van der Waals surface area contributed by atoms with Crippen LogP contribution in [0.25, 0.3) is 0 Å². The molecule has 1 rings (SSSR count). The van der Waals surface area contributed by atoms with E-state index in [1.807, 2.05) is 0 Å². The second-order valence-electron chi connectivity index (χ2n) is 5.65. The number of rotatable bonds is 9. The highest BCUT2D eigenvalue weighted by atomic mass is 16.5. The third-order valence-corrected chi connectivity index (χ3v) is 4.13. The minimum atomic E-state index is 0.739. The first-order chi connectivity index (χ1) is 8.88. The van der Waals surface area contributed by atoms with Crippen LogP contribution in [-0.4, -0.2) is 25.8 Å². The van der Waals surface area contributed by atoms with Crippen molar-refractivity contribution in [1.29, 1.82) is 0 Å². The molecule has 1 unspecified atom stereocenters. The van der Waals surface area contributed by atoms with Gasteiger partial charge in [0.15, 0.2) is 0 Å². The highest BCUT2D eigenvalue weighted by Crippen LogP contribution is 2.27. The Balaban J connectivity index is 2.31. The SMILES string of the molecule is CCCNC(CCCOCC)C1CCCCCC1. The molecule has 1 saturated carbocycles. The van der Waals surface area contributed by atoms with Crippen LogP contribution >= 0.6 is 0 Å². The fourth-order valence-corrected chi connectivity index (χ4v) is 3.10. The van der Waals surface area contributed by atoms with Crippen molar-refractivity contribution in [2.75, 3.05) is 19.8 Å². The van der Waals surface area contributed by atoms with Crippen LogP contribution in [0.1, 0.15) is 71.6 Å². The fourth-order valence-electron chi connectivity index (χ4n) is 3.10. The molecule has 18 heavy (non-hydrogen) atoms. The van der Waals surface area contributed by atoms with Gasteiger partial charge in [-0.05, 0) is 51.5 Å². The normalized spacial score (nSPS) is 19.7. The Labute approximate surface area is 114 Å². The van der Waals surface area contributed by atoms with E-state index in [0.29, 0.717) is 0 Å². The lowest BCUT2D eigenvalue weighted by molar-refractivity contribution is 0.137. The van der Waals surface area contributed by atoms with E-state index >= 15 is 0 Å². The van der Waals surface area contributed by atoms with E-state index in [9.17, 15) is 0 Å². The molecule has 0 aromatic heterocycles. The molecule has 0 spiro atoms. The molecule has 2 nitrogen and oxygen atoms in total. The van der Waals surface area contributed by atoms with E-state index in [4.69, 9.17) is 4.74 Å². The molecule has 1 aliphatic rings. The van der Waals surface area contributed by atoms with Crippen LogP contribution in [0.4, 0.5) is 0 Å². The molecule has 0 amide bonds. The van der Waals surface area contributed by atoms with Crippen molar-refractivity contribution in [1.82, 2.24) is 5.32 Å². The molecule has 1 aliphatic carbocycles. The van der Waals surface area contributed by atoms with Gasteiger partial charge in [-0.3, -0.25) is 0 Å². The van der Waals surface area contributed by atoms with Crippen molar-refractivity contribution >= 4 is 0 Å². The molecule has 0 saturated heterocycles. The molecule has 108 valence electrons. The molecule has 0 heterocycles. The average molecular weight is 255 g/mol. The minimum Gasteiger partial charge on any atom is -0.382 e. The van der Waals surface area contributed by atoms with E-state index in [-0.39, 0.29) is 0 Å². The van der Waals surface area contributed by atoms with Crippen molar-refractivity contribution in [2.45, 2.75) is 77.7 Å². The Morgan fingerprint density at radius 2 is 1.83 bits per heavy atom. The predicted molar refractivity (Wildman–Crippen MR) is 79.0 cm³/mol. The van der Waals surface area contributed by atoms with Crippen LogP contribution in [0.2, 0.25) is 0 Å². The summed E-state index contributed by atoms with van der Waals surface area (Å²) in [6.07, 6.45) is 12.4. The van der Waals surface area contributed by atoms with Crippen LogP contribution in [-0.2, 0) is 4.74 Å². The highest BCUT2D eigenvalue weighted by Gasteiger charge is 2.21. The van der Waals surface area contributed by atoms with Gasteiger partial charge in [0.25, 0.3) is 0 Å². The second kappa shape index (κ2) is 10.8. The summed E-state index contributed by atoms with van der Waals surface area (Å²) in [4.78, 5) is 0. The van der Waals surface area contributed by atoms with Gasteiger partial charge in [-0.15, -0.1) is 0 Å². The summed E-state index contributed by atoms with van der Waals surface area (Å²) in [5.74, 6) is 0.917. The summed E-state index contributed by atoms with van der Waals surface area (Å²) in [6.45, 7) is 7.31. The monoisotopic (exact) mass is 255 g/mol.